The Morgan fingerprint density at radius 3 is 2.26 bits per heavy atom. The average molecular weight is 491 g/mol. The summed E-state index contributed by atoms with van der Waals surface area (Å²) in [6.45, 7) is 0.0795. The van der Waals surface area contributed by atoms with E-state index in [2.05, 4.69) is 5.10 Å². The number of piperazine rings is 1. The van der Waals surface area contributed by atoms with Gasteiger partial charge in [-0.2, -0.15) is 9.40 Å². The van der Waals surface area contributed by atoms with Gasteiger partial charge in [-0.3, -0.25) is 4.79 Å². The van der Waals surface area contributed by atoms with Gasteiger partial charge >= 0.3 is 0 Å². The summed E-state index contributed by atoms with van der Waals surface area (Å²) < 4.78 is 69.3. The fourth-order valence-corrected chi connectivity index (χ4v) is 6.00. The number of hydrogen-bond acceptors (Lipinski definition) is 4. The van der Waals surface area contributed by atoms with Crippen molar-refractivity contribution < 1.29 is 26.4 Å². The maximum Gasteiger partial charge on any atom is 0.274 e. The summed E-state index contributed by atoms with van der Waals surface area (Å²) in [6, 6.07) is 8.17. The Balaban J connectivity index is 1.35. The Labute approximate surface area is 194 Å². The zero-order chi connectivity index (χ0) is 24.0. The molecule has 1 fully saturated rings. The first-order valence-electron chi connectivity index (χ1n) is 10.9. The second kappa shape index (κ2) is 8.55. The van der Waals surface area contributed by atoms with Crippen molar-refractivity contribution in [2.75, 3.05) is 26.2 Å². The van der Waals surface area contributed by atoms with Gasteiger partial charge in [-0.1, -0.05) is 0 Å². The summed E-state index contributed by atoms with van der Waals surface area (Å²) in [5, 5.41) is 4.52. The summed E-state index contributed by atoms with van der Waals surface area (Å²) in [5.41, 5.74) is 2.74. The predicted molar refractivity (Wildman–Crippen MR) is 117 cm³/mol. The minimum atomic E-state index is -4.24. The topological polar surface area (TPSA) is 75.5 Å². The molecule has 0 saturated carbocycles. The molecule has 1 aliphatic carbocycles. The van der Waals surface area contributed by atoms with Crippen LogP contribution in [0.25, 0.3) is 5.69 Å². The Kier molecular flexibility index (Phi) is 5.68. The monoisotopic (exact) mass is 490 g/mol. The highest BCUT2D eigenvalue weighted by Gasteiger charge is 2.35. The van der Waals surface area contributed by atoms with Gasteiger partial charge in [-0.25, -0.2) is 26.3 Å². The van der Waals surface area contributed by atoms with Crippen LogP contribution in [0.15, 0.2) is 47.4 Å². The molecule has 2 aliphatic rings. The van der Waals surface area contributed by atoms with Gasteiger partial charge in [-0.05, 0) is 61.7 Å². The molecule has 1 aliphatic heterocycles. The third-order valence-corrected chi connectivity index (χ3v) is 8.15. The largest absolute Gasteiger partial charge is 0.335 e. The fourth-order valence-electron chi connectivity index (χ4n) is 4.50. The first-order valence-corrected chi connectivity index (χ1v) is 12.3. The molecule has 0 N–H and O–H groups in total. The fraction of sp³-hybridized carbons (Fsp3) is 0.304. The van der Waals surface area contributed by atoms with Crippen molar-refractivity contribution >= 4 is 15.9 Å². The Hall–Kier alpha value is -3.18. The molecule has 3 aromatic rings. The van der Waals surface area contributed by atoms with Gasteiger partial charge < -0.3 is 4.90 Å². The van der Waals surface area contributed by atoms with Crippen LogP contribution in [0.2, 0.25) is 0 Å². The van der Waals surface area contributed by atoms with E-state index in [0.29, 0.717) is 23.9 Å². The van der Waals surface area contributed by atoms with Crippen LogP contribution in [-0.2, 0) is 22.9 Å². The molecule has 0 bridgehead atoms. The van der Waals surface area contributed by atoms with E-state index in [9.17, 15) is 26.4 Å². The number of aromatic nitrogens is 2. The van der Waals surface area contributed by atoms with Crippen LogP contribution in [0, 0.1) is 17.5 Å². The number of sulfonamides is 1. The number of benzene rings is 2. The second-order valence-corrected chi connectivity index (χ2v) is 10.2. The lowest BCUT2D eigenvalue weighted by Gasteiger charge is -2.33. The molecule has 0 radical (unpaired) electrons. The van der Waals surface area contributed by atoms with Gasteiger partial charge in [0.25, 0.3) is 5.91 Å². The molecule has 7 nitrogen and oxygen atoms in total. The lowest BCUT2D eigenvalue weighted by Crippen LogP contribution is -2.50. The van der Waals surface area contributed by atoms with Crippen molar-refractivity contribution in [2.24, 2.45) is 0 Å². The molecule has 11 heteroatoms. The van der Waals surface area contributed by atoms with Crippen LogP contribution < -0.4 is 0 Å². The summed E-state index contributed by atoms with van der Waals surface area (Å²) in [5.74, 6) is -2.55. The number of halogens is 3. The van der Waals surface area contributed by atoms with E-state index in [1.807, 2.05) is 0 Å². The van der Waals surface area contributed by atoms with E-state index < -0.39 is 26.6 Å². The van der Waals surface area contributed by atoms with E-state index in [1.54, 1.807) is 16.8 Å². The van der Waals surface area contributed by atoms with Crippen molar-refractivity contribution in [1.29, 1.82) is 0 Å². The molecule has 2 aromatic carbocycles. The van der Waals surface area contributed by atoms with Crippen molar-refractivity contribution in [3.63, 3.8) is 0 Å². The van der Waals surface area contributed by atoms with Crippen LogP contribution in [-0.4, -0.2) is 59.5 Å². The number of fused-ring (bicyclic) bond motifs is 1. The molecular formula is C23H21F3N4O3S. The Morgan fingerprint density at radius 1 is 0.882 bits per heavy atom. The van der Waals surface area contributed by atoms with Gasteiger partial charge in [0.15, 0.2) is 5.69 Å². The molecule has 2 heterocycles. The Morgan fingerprint density at radius 2 is 1.56 bits per heavy atom. The van der Waals surface area contributed by atoms with Crippen LogP contribution in [0.5, 0.6) is 0 Å². The van der Waals surface area contributed by atoms with Crippen molar-refractivity contribution in [2.45, 2.75) is 24.2 Å². The maximum atomic E-state index is 14.1. The molecular weight excluding hydrogens is 469 g/mol. The molecule has 1 aromatic heterocycles. The molecule has 0 atom stereocenters. The lowest BCUT2D eigenvalue weighted by atomic mass is 10.1. The molecule has 34 heavy (non-hydrogen) atoms. The number of amides is 1. The minimum absolute atomic E-state index is 0.0507. The van der Waals surface area contributed by atoms with Crippen molar-refractivity contribution in [3.05, 3.63) is 76.9 Å². The number of carbonyl (C=O) groups is 1. The third kappa shape index (κ3) is 3.88. The normalized spacial score (nSPS) is 16.6. The highest BCUT2D eigenvalue weighted by molar-refractivity contribution is 7.89. The standard InChI is InChI=1S/C23H21F3N4O3S/c24-15-4-7-17(8-5-15)30-20-3-1-2-18(20)22(27-30)23(31)28-10-12-29(13-11-28)34(32,33)21-14-16(25)6-9-19(21)26/h4-9,14H,1-3,10-13H2. The van der Waals surface area contributed by atoms with E-state index in [-0.39, 0.29) is 37.9 Å². The van der Waals surface area contributed by atoms with Crippen LogP contribution in [0.1, 0.15) is 28.2 Å². The average Bonchev–Trinajstić information content (AvgIpc) is 3.44. The molecule has 1 saturated heterocycles. The molecule has 0 unspecified atom stereocenters. The molecule has 1 amide bonds. The van der Waals surface area contributed by atoms with Gasteiger partial charge in [0.05, 0.1) is 5.69 Å². The first-order chi connectivity index (χ1) is 16.3. The quantitative estimate of drug-likeness (QED) is 0.564. The second-order valence-electron chi connectivity index (χ2n) is 8.29. The lowest BCUT2D eigenvalue weighted by molar-refractivity contribution is 0.0690. The van der Waals surface area contributed by atoms with E-state index in [1.165, 1.54) is 17.0 Å². The van der Waals surface area contributed by atoms with Gasteiger partial charge in [0.2, 0.25) is 10.0 Å². The molecule has 178 valence electrons. The van der Waals surface area contributed by atoms with E-state index in [0.717, 1.165) is 40.5 Å². The first kappa shape index (κ1) is 22.6. The number of rotatable bonds is 4. The maximum absolute atomic E-state index is 14.1. The van der Waals surface area contributed by atoms with Gasteiger partial charge in [-0.15, -0.1) is 0 Å². The van der Waals surface area contributed by atoms with Gasteiger partial charge in [0.1, 0.15) is 22.3 Å². The van der Waals surface area contributed by atoms with Crippen molar-refractivity contribution in [1.82, 2.24) is 19.0 Å². The number of nitrogens with zero attached hydrogens (tertiary/aromatic N) is 4. The number of carbonyl (C=O) groups excluding carboxylic acids is 1. The summed E-state index contributed by atoms with van der Waals surface area (Å²) >= 11 is 0. The minimum Gasteiger partial charge on any atom is -0.335 e. The number of hydrogen-bond donors (Lipinski definition) is 0. The summed E-state index contributed by atoms with van der Waals surface area (Å²) in [7, 11) is -4.24. The molecule has 0 spiro atoms. The van der Waals surface area contributed by atoms with E-state index >= 15 is 0 Å². The van der Waals surface area contributed by atoms with Crippen LogP contribution in [0.3, 0.4) is 0 Å². The smallest absolute Gasteiger partial charge is 0.274 e. The third-order valence-electron chi connectivity index (χ3n) is 6.24. The predicted octanol–water partition coefficient (Wildman–Crippen LogP) is 2.93. The van der Waals surface area contributed by atoms with Crippen LogP contribution in [0.4, 0.5) is 13.2 Å². The van der Waals surface area contributed by atoms with E-state index in [4.69, 9.17) is 0 Å². The highest BCUT2D eigenvalue weighted by Crippen LogP contribution is 2.29. The Bertz CT molecular complexity index is 1360. The highest BCUT2D eigenvalue weighted by atomic mass is 32.2. The van der Waals surface area contributed by atoms with Crippen LogP contribution >= 0.6 is 0 Å². The summed E-state index contributed by atoms with van der Waals surface area (Å²) in [6.07, 6.45) is 2.32. The van der Waals surface area contributed by atoms with Crippen molar-refractivity contribution in [3.8, 4) is 5.69 Å². The van der Waals surface area contributed by atoms with Gasteiger partial charge in [0, 0.05) is 37.4 Å². The SMILES string of the molecule is O=C(c1nn(-c2ccc(F)cc2)c2c1CCC2)N1CCN(S(=O)(=O)c2cc(F)ccc2F)CC1. The zero-order valence-corrected chi connectivity index (χ0v) is 18.9. The summed E-state index contributed by atoms with van der Waals surface area (Å²) in [4.78, 5) is 14.1. The molecule has 5 rings (SSSR count). The zero-order valence-electron chi connectivity index (χ0n) is 18.0.